The zero-order valence-corrected chi connectivity index (χ0v) is 9.75. The van der Waals surface area contributed by atoms with Crippen LogP contribution in [0.3, 0.4) is 0 Å². The lowest BCUT2D eigenvalue weighted by atomic mass is 10.5. The molecule has 0 heterocycles. The van der Waals surface area contributed by atoms with E-state index in [1.165, 1.54) is 14.0 Å². The van der Waals surface area contributed by atoms with E-state index in [0.717, 1.165) is 0 Å². The molecule has 8 nitrogen and oxygen atoms in total. The standard InChI is InChI=1S/C9H16N4O4/c1-6(14)11-4-8(16)13-5-9(17)12-3-7(15)10-2/h3-5H2,1-2H3,(H,10,15)(H,11,14)(H,12,17)(H,13,16). The zero-order chi connectivity index (χ0) is 13.3. The number of hydrogen-bond donors (Lipinski definition) is 4. The van der Waals surface area contributed by atoms with Gasteiger partial charge in [-0.25, -0.2) is 0 Å². The number of rotatable bonds is 6. The van der Waals surface area contributed by atoms with Gasteiger partial charge in [-0.15, -0.1) is 0 Å². The molecule has 0 fully saturated rings. The summed E-state index contributed by atoms with van der Waals surface area (Å²) in [5.74, 6) is -1.62. The van der Waals surface area contributed by atoms with Crippen LogP contribution in [0.4, 0.5) is 0 Å². The van der Waals surface area contributed by atoms with E-state index in [4.69, 9.17) is 0 Å². The summed E-state index contributed by atoms with van der Waals surface area (Å²) in [5.41, 5.74) is 0. The summed E-state index contributed by atoms with van der Waals surface area (Å²) < 4.78 is 0. The maximum absolute atomic E-state index is 11.1. The second-order valence-corrected chi connectivity index (χ2v) is 3.14. The Kier molecular flexibility index (Phi) is 7.07. The van der Waals surface area contributed by atoms with Crippen LogP contribution in [0, 0.1) is 0 Å². The molecule has 0 aliphatic rings. The van der Waals surface area contributed by atoms with Gasteiger partial charge < -0.3 is 21.3 Å². The molecule has 0 saturated heterocycles. The fraction of sp³-hybridized carbons (Fsp3) is 0.556. The first-order chi connectivity index (χ1) is 7.95. The molecule has 0 aromatic carbocycles. The Morgan fingerprint density at radius 1 is 0.765 bits per heavy atom. The van der Waals surface area contributed by atoms with Gasteiger partial charge in [0.15, 0.2) is 0 Å². The Hall–Kier alpha value is -2.12. The van der Waals surface area contributed by atoms with Gasteiger partial charge in [-0.05, 0) is 0 Å². The third-order valence-corrected chi connectivity index (χ3v) is 1.67. The van der Waals surface area contributed by atoms with Crippen LogP contribution in [-0.4, -0.2) is 50.3 Å². The Morgan fingerprint density at radius 3 is 1.59 bits per heavy atom. The SMILES string of the molecule is CNC(=O)CNC(=O)CNC(=O)CNC(C)=O. The van der Waals surface area contributed by atoms with Gasteiger partial charge in [0.1, 0.15) is 0 Å². The van der Waals surface area contributed by atoms with Gasteiger partial charge in [0.05, 0.1) is 19.6 Å². The monoisotopic (exact) mass is 244 g/mol. The minimum Gasteiger partial charge on any atom is -0.358 e. The predicted molar refractivity (Wildman–Crippen MR) is 58.8 cm³/mol. The summed E-state index contributed by atoms with van der Waals surface area (Å²) in [5, 5.41) is 9.19. The van der Waals surface area contributed by atoms with Crippen molar-refractivity contribution in [1.29, 1.82) is 0 Å². The predicted octanol–water partition coefficient (Wildman–Crippen LogP) is -2.90. The highest BCUT2D eigenvalue weighted by molar-refractivity contribution is 5.89. The number of likely N-dealkylation sites (N-methyl/N-ethyl adjacent to an activating group) is 1. The highest BCUT2D eigenvalue weighted by Gasteiger charge is 2.06. The summed E-state index contributed by atoms with van der Waals surface area (Å²) >= 11 is 0. The van der Waals surface area contributed by atoms with Gasteiger partial charge >= 0.3 is 0 Å². The number of carbonyl (C=O) groups is 4. The second kappa shape index (κ2) is 8.08. The Balaban J connectivity index is 3.66. The van der Waals surface area contributed by atoms with Crippen LogP contribution in [0.15, 0.2) is 0 Å². The highest BCUT2D eigenvalue weighted by atomic mass is 16.2. The smallest absolute Gasteiger partial charge is 0.239 e. The van der Waals surface area contributed by atoms with Crippen molar-refractivity contribution in [3.63, 3.8) is 0 Å². The van der Waals surface area contributed by atoms with Gasteiger partial charge in [-0.3, -0.25) is 19.2 Å². The molecule has 0 aromatic heterocycles. The number of carbonyl (C=O) groups excluding carboxylic acids is 4. The largest absolute Gasteiger partial charge is 0.358 e. The lowest BCUT2D eigenvalue weighted by Crippen LogP contribution is -2.43. The van der Waals surface area contributed by atoms with Crippen molar-refractivity contribution in [2.75, 3.05) is 26.7 Å². The van der Waals surface area contributed by atoms with Crippen molar-refractivity contribution in [2.45, 2.75) is 6.92 Å². The van der Waals surface area contributed by atoms with E-state index >= 15 is 0 Å². The van der Waals surface area contributed by atoms with Crippen molar-refractivity contribution < 1.29 is 19.2 Å². The van der Waals surface area contributed by atoms with E-state index < -0.39 is 11.8 Å². The first kappa shape index (κ1) is 14.9. The van der Waals surface area contributed by atoms with E-state index in [0.29, 0.717) is 0 Å². The normalized spacial score (nSPS) is 9.06. The molecule has 4 amide bonds. The fourth-order valence-electron chi connectivity index (χ4n) is 0.776. The van der Waals surface area contributed by atoms with Crippen molar-refractivity contribution in [1.82, 2.24) is 21.3 Å². The second-order valence-electron chi connectivity index (χ2n) is 3.14. The first-order valence-corrected chi connectivity index (χ1v) is 4.94. The molecule has 96 valence electrons. The third kappa shape index (κ3) is 8.85. The van der Waals surface area contributed by atoms with Crippen LogP contribution in [-0.2, 0) is 19.2 Å². The third-order valence-electron chi connectivity index (χ3n) is 1.67. The van der Waals surface area contributed by atoms with Crippen molar-refractivity contribution in [3.8, 4) is 0 Å². The minimum absolute atomic E-state index is 0.142. The Labute approximate surface area is 98.5 Å². The lowest BCUT2D eigenvalue weighted by molar-refractivity contribution is -0.128. The molecular weight excluding hydrogens is 228 g/mol. The van der Waals surface area contributed by atoms with E-state index in [1.807, 2.05) is 0 Å². The van der Waals surface area contributed by atoms with E-state index in [-0.39, 0.29) is 31.4 Å². The highest BCUT2D eigenvalue weighted by Crippen LogP contribution is 1.69. The molecule has 0 atom stereocenters. The molecule has 0 radical (unpaired) electrons. The molecule has 8 heteroatoms. The number of amides is 4. The van der Waals surface area contributed by atoms with Gasteiger partial charge in [0.25, 0.3) is 0 Å². The summed E-state index contributed by atoms with van der Waals surface area (Å²) in [6.45, 7) is 0.716. The van der Waals surface area contributed by atoms with E-state index in [9.17, 15) is 19.2 Å². The molecule has 0 bridgehead atoms. The van der Waals surface area contributed by atoms with Gasteiger partial charge in [-0.1, -0.05) is 0 Å². The number of nitrogens with one attached hydrogen (secondary N) is 4. The molecule has 0 spiro atoms. The van der Waals surface area contributed by atoms with Gasteiger partial charge in [-0.2, -0.15) is 0 Å². The van der Waals surface area contributed by atoms with E-state index in [2.05, 4.69) is 21.3 Å². The molecule has 0 rings (SSSR count). The molecule has 4 N–H and O–H groups in total. The maximum atomic E-state index is 11.1. The summed E-state index contributed by atoms with van der Waals surface area (Å²) in [6, 6.07) is 0. The van der Waals surface area contributed by atoms with Crippen LogP contribution in [0.5, 0.6) is 0 Å². The summed E-state index contributed by atoms with van der Waals surface area (Å²) in [6.07, 6.45) is 0. The molecule has 0 aromatic rings. The Bertz CT molecular complexity index is 316. The Morgan fingerprint density at radius 2 is 1.18 bits per heavy atom. The lowest BCUT2D eigenvalue weighted by Gasteiger charge is -2.06. The zero-order valence-electron chi connectivity index (χ0n) is 9.75. The summed E-state index contributed by atoms with van der Waals surface area (Å²) in [4.78, 5) is 43.4. The van der Waals surface area contributed by atoms with Crippen LogP contribution < -0.4 is 21.3 Å². The van der Waals surface area contributed by atoms with Crippen LogP contribution >= 0.6 is 0 Å². The quantitative estimate of drug-likeness (QED) is 0.401. The first-order valence-electron chi connectivity index (χ1n) is 4.94. The topological polar surface area (TPSA) is 116 Å². The molecule has 0 aliphatic carbocycles. The van der Waals surface area contributed by atoms with Crippen molar-refractivity contribution in [2.24, 2.45) is 0 Å². The van der Waals surface area contributed by atoms with Crippen LogP contribution in [0.1, 0.15) is 6.92 Å². The van der Waals surface area contributed by atoms with Crippen LogP contribution in [0.25, 0.3) is 0 Å². The average Bonchev–Trinajstić information content (AvgIpc) is 2.30. The molecular formula is C9H16N4O4. The van der Waals surface area contributed by atoms with E-state index in [1.54, 1.807) is 0 Å². The molecule has 0 aliphatic heterocycles. The maximum Gasteiger partial charge on any atom is 0.239 e. The average molecular weight is 244 g/mol. The van der Waals surface area contributed by atoms with Crippen molar-refractivity contribution >= 4 is 23.6 Å². The minimum atomic E-state index is -0.482. The summed E-state index contributed by atoms with van der Waals surface area (Å²) in [7, 11) is 1.45. The molecule has 0 unspecified atom stereocenters. The fourth-order valence-corrected chi connectivity index (χ4v) is 0.776. The molecule has 17 heavy (non-hydrogen) atoms. The van der Waals surface area contributed by atoms with Gasteiger partial charge in [0, 0.05) is 14.0 Å². The van der Waals surface area contributed by atoms with Crippen molar-refractivity contribution in [3.05, 3.63) is 0 Å². The van der Waals surface area contributed by atoms with Gasteiger partial charge in [0.2, 0.25) is 23.6 Å². The molecule has 0 saturated carbocycles. The number of hydrogen-bond acceptors (Lipinski definition) is 4. The van der Waals surface area contributed by atoms with Crippen LogP contribution in [0.2, 0.25) is 0 Å².